The average Bonchev–Trinajstić information content (AvgIpc) is 3.39. The molecule has 4 aromatic rings. The van der Waals surface area contributed by atoms with Crippen molar-refractivity contribution in [2.75, 3.05) is 10.6 Å². The number of aromatic nitrogens is 5. The number of carbonyl (C=O) groups is 1. The molecule has 0 aliphatic heterocycles. The van der Waals surface area contributed by atoms with Crippen LogP contribution in [0.3, 0.4) is 0 Å². The molecule has 0 spiro atoms. The molecule has 1 aromatic carbocycles. The number of nitrogens with zero attached hydrogens (tertiary/aromatic N) is 5. The molecule has 3 heterocycles. The SMILES string of the molecule is Cn1cnnc1-c1cc(Oc2ccc(NC(=O)Nc3cc(C(C)(C)C)no3)c(F)c2)ccn1. The standard InChI is InChI=1S/C22H22FN7O3/c1-22(2,3)18-11-19(33-29-18)27-21(31)26-16-6-5-13(9-15(16)23)32-14-7-8-24-17(10-14)20-28-25-12-30(20)4/h5-12H,1-4H3,(H2,26,27,31). The molecule has 2 N–H and O–H groups in total. The molecule has 0 saturated carbocycles. The van der Waals surface area contributed by atoms with Crippen LogP contribution in [0.25, 0.3) is 11.5 Å². The van der Waals surface area contributed by atoms with E-state index in [0.717, 1.165) is 0 Å². The van der Waals surface area contributed by atoms with Crippen LogP contribution in [0.15, 0.2) is 53.4 Å². The van der Waals surface area contributed by atoms with Crippen molar-refractivity contribution in [2.45, 2.75) is 26.2 Å². The third-order valence-electron chi connectivity index (χ3n) is 4.61. The first-order chi connectivity index (χ1) is 15.7. The Labute approximate surface area is 188 Å². The van der Waals surface area contributed by atoms with Crippen molar-refractivity contribution in [3.05, 3.63) is 60.4 Å². The highest BCUT2D eigenvalue weighted by Crippen LogP contribution is 2.28. The van der Waals surface area contributed by atoms with Gasteiger partial charge in [0.15, 0.2) is 5.82 Å². The Kier molecular flexibility index (Phi) is 5.78. The summed E-state index contributed by atoms with van der Waals surface area (Å²) in [5.41, 5.74) is 0.991. The second-order valence-corrected chi connectivity index (χ2v) is 8.29. The maximum Gasteiger partial charge on any atom is 0.326 e. The van der Waals surface area contributed by atoms with Crippen molar-refractivity contribution in [3.63, 3.8) is 0 Å². The highest BCUT2D eigenvalue weighted by Gasteiger charge is 2.20. The number of pyridine rings is 1. The molecule has 0 aliphatic carbocycles. The van der Waals surface area contributed by atoms with E-state index in [0.29, 0.717) is 23.0 Å². The van der Waals surface area contributed by atoms with Gasteiger partial charge in [0.2, 0.25) is 5.88 Å². The molecular formula is C22H22FN7O3. The highest BCUT2D eigenvalue weighted by molar-refractivity contribution is 5.99. The summed E-state index contributed by atoms with van der Waals surface area (Å²) in [6.45, 7) is 5.91. The Morgan fingerprint density at radius 3 is 2.58 bits per heavy atom. The van der Waals surface area contributed by atoms with Crippen LogP contribution in [-0.4, -0.2) is 30.9 Å². The number of rotatable bonds is 5. The molecule has 0 saturated heterocycles. The molecule has 170 valence electrons. The van der Waals surface area contributed by atoms with Crippen molar-refractivity contribution < 1.29 is 18.4 Å². The maximum absolute atomic E-state index is 14.6. The molecular weight excluding hydrogens is 429 g/mol. The van der Waals surface area contributed by atoms with Gasteiger partial charge in [-0.2, -0.15) is 0 Å². The first-order valence-electron chi connectivity index (χ1n) is 10.0. The van der Waals surface area contributed by atoms with E-state index in [2.05, 4.69) is 31.0 Å². The minimum atomic E-state index is -0.668. The zero-order valence-corrected chi connectivity index (χ0v) is 18.5. The number of aryl methyl sites for hydroxylation is 1. The van der Waals surface area contributed by atoms with Crippen molar-refractivity contribution in [1.29, 1.82) is 0 Å². The van der Waals surface area contributed by atoms with Gasteiger partial charge in [0.1, 0.15) is 29.3 Å². The predicted molar refractivity (Wildman–Crippen MR) is 119 cm³/mol. The number of carbonyl (C=O) groups excluding carboxylic acids is 1. The van der Waals surface area contributed by atoms with Crippen molar-refractivity contribution in [1.82, 2.24) is 24.9 Å². The molecule has 0 radical (unpaired) electrons. The minimum Gasteiger partial charge on any atom is -0.457 e. The van der Waals surface area contributed by atoms with Crippen LogP contribution < -0.4 is 15.4 Å². The number of ether oxygens (including phenoxy) is 1. The van der Waals surface area contributed by atoms with E-state index in [-0.39, 0.29) is 22.7 Å². The lowest BCUT2D eigenvalue weighted by Gasteiger charge is -2.12. The zero-order valence-electron chi connectivity index (χ0n) is 18.5. The van der Waals surface area contributed by atoms with Crippen molar-refractivity contribution in [3.8, 4) is 23.0 Å². The first kappa shape index (κ1) is 21.9. The second-order valence-electron chi connectivity index (χ2n) is 8.29. The van der Waals surface area contributed by atoms with Crippen LogP contribution in [0, 0.1) is 5.82 Å². The molecule has 0 unspecified atom stereocenters. The fourth-order valence-corrected chi connectivity index (χ4v) is 2.86. The van der Waals surface area contributed by atoms with Crippen LogP contribution in [0.5, 0.6) is 11.5 Å². The second kappa shape index (κ2) is 8.69. The molecule has 10 nitrogen and oxygen atoms in total. The summed E-state index contributed by atoms with van der Waals surface area (Å²) in [5.74, 6) is 0.755. The van der Waals surface area contributed by atoms with Gasteiger partial charge in [0.05, 0.1) is 11.4 Å². The van der Waals surface area contributed by atoms with Gasteiger partial charge < -0.3 is 19.1 Å². The summed E-state index contributed by atoms with van der Waals surface area (Å²) < 4.78 is 27.1. The molecule has 11 heteroatoms. The number of benzene rings is 1. The Bertz CT molecular complexity index is 1290. The summed E-state index contributed by atoms with van der Waals surface area (Å²) in [4.78, 5) is 16.5. The van der Waals surface area contributed by atoms with Crippen molar-refractivity contribution in [2.24, 2.45) is 7.05 Å². The van der Waals surface area contributed by atoms with Gasteiger partial charge in [0.25, 0.3) is 0 Å². The van der Waals surface area contributed by atoms with E-state index in [1.807, 2.05) is 20.8 Å². The summed E-state index contributed by atoms with van der Waals surface area (Å²) in [5, 5.41) is 16.7. The van der Waals surface area contributed by atoms with Crippen LogP contribution in [0.1, 0.15) is 26.5 Å². The molecule has 3 aromatic heterocycles. The van der Waals surface area contributed by atoms with E-state index in [9.17, 15) is 9.18 Å². The third-order valence-corrected chi connectivity index (χ3v) is 4.61. The number of urea groups is 1. The van der Waals surface area contributed by atoms with Gasteiger partial charge in [-0.1, -0.05) is 25.9 Å². The number of anilines is 2. The molecule has 0 fully saturated rings. The Morgan fingerprint density at radius 2 is 1.91 bits per heavy atom. The molecule has 33 heavy (non-hydrogen) atoms. The normalized spacial score (nSPS) is 11.3. The number of amides is 2. The average molecular weight is 451 g/mol. The van der Waals surface area contributed by atoms with Gasteiger partial charge >= 0.3 is 6.03 Å². The molecule has 2 amide bonds. The lowest BCUT2D eigenvalue weighted by Crippen LogP contribution is -2.19. The van der Waals surface area contributed by atoms with Crippen LogP contribution in [0.2, 0.25) is 0 Å². The topological polar surface area (TPSA) is 120 Å². The lowest BCUT2D eigenvalue weighted by molar-refractivity contribution is 0.261. The fraction of sp³-hybridized carbons (Fsp3) is 0.227. The maximum atomic E-state index is 14.6. The van der Waals surface area contributed by atoms with Crippen LogP contribution in [-0.2, 0) is 12.5 Å². The summed E-state index contributed by atoms with van der Waals surface area (Å²) in [7, 11) is 1.80. The smallest absolute Gasteiger partial charge is 0.326 e. The van der Waals surface area contributed by atoms with E-state index in [4.69, 9.17) is 9.26 Å². The summed E-state index contributed by atoms with van der Waals surface area (Å²) >= 11 is 0. The largest absolute Gasteiger partial charge is 0.457 e. The van der Waals surface area contributed by atoms with Crippen molar-refractivity contribution >= 4 is 17.6 Å². The first-order valence-corrected chi connectivity index (χ1v) is 10.0. The van der Waals surface area contributed by atoms with E-state index in [1.165, 1.54) is 18.2 Å². The van der Waals surface area contributed by atoms with Crippen LogP contribution in [0.4, 0.5) is 20.8 Å². The van der Waals surface area contributed by atoms with Crippen LogP contribution >= 0.6 is 0 Å². The zero-order chi connectivity index (χ0) is 23.6. The van der Waals surface area contributed by atoms with E-state index in [1.54, 1.807) is 42.3 Å². The summed E-state index contributed by atoms with van der Waals surface area (Å²) in [6.07, 6.45) is 3.12. The van der Waals surface area contributed by atoms with E-state index >= 15 is 0 Å². The Hall–Kier alpha value is -4.28. The number of hydrogen-bond donors (Lipinski definition) is 2. The number of nitrogens with one attached hydrogen (secondary N) is 2. The monoisotopic (exact) mass is 451 g/mol. The number of hydrogen-bond acceptors (Lipinski definition) is 7. The van der Waals surface area contributed by atoms with Gasteiger partial charge in [0, 0.05) is 36.9 Å². The minimum absolute atomic E-state index is 0.0232. The summed E-state index contributed by atoms with van der Waals surface area (Å²) in [6, 6.07) is 8.37. The van der Waals surface area contributed by atoms with Gasteiger partial charge in [-0.3, -0.25) is 10.3 Å². The Morgan fingerprint density at radius 1 is 1.12 bits per heavy atom. The molecule has 4 rings (SSSR count). The van der Waals surface area contributed by atoms with Gasteiger partial charge in [-0.15, -0.1) is 10.2 Å². The quantitative estimate of drug-likeness (QED) is 0.450. The third kappa shape index (κ3) is 5.14. The lowest BCUT2D eigenvalue weighted by atomic mass is 9.92. The fourth-order valence-electron chi connectivity index (χ4n) is 2.86. The van der Waals surface area contributed by atoms with Gasteiger partial charge in [-0.05, 0) is 18.2 Å². The predicted octanol–water partition coefficient (Wildman–Crippen LogP) is 4.74. The highest BCUT2D eigenvalue weighted by atomic mass is 19.1. The Balaban J connectivity index is 1.42. The van der Waals surface area contributed by atoms with E-state index < -0.39 is 11.8 Å². The number of halogens is 1. The molecule has 0 atom stereocenters. The molecule has 0 bridgehead atoms. The van der Waals surface area contributed by atoms with Gasteiger partial charge in [-0.25, -0.2) is 9.18 Å². The molecule has 0 aliphatic rings.